The molecule has 0 radical (unpaired) electrons. The van der Waals surface area contributed by atoms with E-state index in [4.69, 9.17) is 9.15 Å². The Hall–Kier alpha value is -3.87. The van der Waals surface area contributed by atoms with E-state index in [1.54, 1.807) is 37.4 Å². The summed E-state index contributed by atoms with van der Waals surface area (Å²) in [6.07, 6.45) is 2.25. The molecule has 2 N–H and O–H groups in total. The van der Waals surface area contributed by atoms with E-state index < -0.39 is 0 Å². The van der Waals surface area contributed by atoms with Gasteiger partial charge in [0.05, 0.1) is 12.8 Å². The number of fused-ring (bicyclic) bond motifs is 1. The van der Waals surface area contributed by atoms with E-state index >= 15 is 0 Å². The van der Waals surface area contributed by atoms with Crippen LogP contribution in [0.3, 0.4) is 0 Å². The minimum Gasteiger partial charge on any atom is -0.497 e. The molecule has 1 heterocycles. The van der Waals surface area contributed by atoms with Gasteiger partial charge in [0.2, 0.25) is 0 Å². The summed E-state index contributed by atoms with van der Waals surface area (Å²) >= 11 is 0. The van der Waals surface area contributed by atoms with Gasteiger partial charge < -0.3 is 14.5 Å². The number of furan rings is 1. The lowest BCUT2D eigenvalue weighted by molar-refractivity contribution is 0.0953. The van der Waals surface area contributed by atoms with Gasteiger partial charge in [-0.05, 0) is 63.1 Å². The number of hydrogen-bond donors (Lipinski definition) is 2. The molecule has 164 valence electrons. The van der Waals surface area contributed by atoms with Gasteiger partial charge in [-0.1, -0.05) is 17.7 Å². The molecule has 0 aliphatic heterocycles. The van der Waals surface area contributed by atoms with Gasteiger partial charge in [0.15, 0.2) is 5.76 Å². The first-order valence-electron chi connectivity index (χ1n) is 10.5. The molecule has 0 fully saturated rings. The van der Waals surface area contributed by atoms with Gasteiger partial charge in [-0.2, -0.15) is 5.10 Å². The summed E-state index contributed by atoms with van der Waals surface area (Å²) in [5.41, 5.74) is 7.09. The van der Waals surface area contributed by atoms with Crippen LogP contribution in [0.5, 0.6) is 5.75 Å². The summed E-state index contributed by atoms with van der Waals surface area (Å²) in [7, 11) is 1.59. The Morgan fingerprint density at radius 3 is 2.53 bits per heavy atom. The summed E-state index contributed by atoms with van der Waals surface area (Å²) < 4.78 is 11.1. The topological polar surface area (TPSA) is 92.9 Å². The van der Waals surface area contributed by atoms with E-state index in [0.29, 0.717) is 29.0 Å². The molecule has 7 nitrogen and oxygen atoms in total. The van der Waals surface area contributed by atoms with Crippen molar-refractivity contribution < 1.29 is 18.7 Å². The molecular weight excluding hydrogens is 406 g/mol. The number of anilines is 1. The quantitative estimate of drug-likeness (QED) is 0.576. The summed E-state index contributed by atoms with van der Waals surface area (Å²) in [6.45, 7) is 3.78. The fourth-order valence-electron chi connectivity index (χ4n) is 3.83. The maximum absolute atomic E-state index is 12.9. The SMILES string of the molecule is COc1ccc(NC(=O)c2oc3c(c2C)/C(=N/NC(=O)c2cccc(C)c2)CCC3)cc1. The van der Waals surface area contributed by atoms with Crippen LogP contribution < -0.4 is 15.5 Å². The molecule has 0 atom stereocenters. The third kappa shape index (κ3) is 4.42. The highest BCUT2D eigenvalue weighted by molar-refractivity contribution is 6.09. The van der Waals surface area contributed by atoms with E-state index in [9.17, 15) is 9.59 Å². The maximum atomic E-state index is 12.9. The van der Waals surface area contributed by atoms with Gasteiger partial charge >= 0.3 is 0 Å². The Bertz CT molecular complexity index is 1190. The van der Waals surface area contributed by atoms with Crippen molar-refractivity contribution in [3.05, 3.63) is 82.3 Å². The summed E-state index contributed by atoms with van der Waals surface area (Å²) in [4.78, 5) is 25.3. The first-order valence-corrected chi connectivity index (χ1v) is 10.5. The normalized spacial score (nSPS) is 14.0. The Labute approximate surface area is 186 Å². The molecule has 0 bridgehead atoms. The number of methoxy groups -OCH3 is 1. The fraction of sp³-hybridized carbons (Fsp3) is 0.240. The maximum Gasteiger partial charge on any atom is 0.291 e. The standard InChI is InChI=1S/C25H25N3O4/c1-15-6-4-7-17(14-15)24(29)28-27-20-8-5-9-21-22(20)16(2)23(32-21)25(30)26-18-10-12-19(31-3)13-11-18/h4,6-7,10-14H,5,8-9H2,1-3H3,(H,26,30)(H,28,29)/b27-20+. The first-order chi connectivity index (χ1) is 15.5. The number of carbonyl (C=O) groups excluding carboxylic acids is 2. The minimum absolute atomic E-state index is 0.255. The van der Waals surface area contributed by atoms with Crippen molar-refractivity contribution in [1.29, 1.82) is 0 Å². The van der Waals surface area contributed by atoms with Crippen molar-refractivity contribution in [3.8, 4) is 5.75 Å². The van der Waals surface area contributed by atoms with Gasteiger partial charge in [0, 0.05) is 28.8 Å². The molecule has 4 rings (SSSR count). The second-order valence-electron chi connectivity index (χ2n) is 7.76. The Morgan fingerprint density at radius 2 is 1.81 bits per heavy atom. The van der Waals surface area contributed by atoms with Crippen LogP contribution in [0, 0.1) is 13.8 Å². The number of rotatable bonds is 5. The lowest BCUT2D eigenvalue weighted by Gasteiger charge is -2.13. The van der Waals surface area contributed by atoms with Gasteiger partial charge in [0.25, 0.3) is 11.8 Å². The van der Waals surface area contributed by atoms with E-state index in [-0.39, 0.29) is 17.6 Å². The summed E-state index contributed by atoms with van der Waals surface area (Å²) in [6, 6.07) is 14.4. The molecule has 1 aliphatic carbocycles. The zero-order chi connectivity index (χ0) is 22.7. The van der Waals surface area contributed by atoms with E-state index in [2.05, 4.69) is 15.8 Å². The molecule has 2 aromatic carbocycles. The monoisotopic (exact) mass is 431 g/mol. The summed E-state index contributed by atoms with van der Waals surface area (Å²) in [5, 5.41) is 7.23. The number of carbonyl (C=O) groups is 2. The lowest BCUT2D eigenvalue weighted by Crippen LogP contribution is -2.22. The number of benzene rings is 2. The number of ether oxygens (including phenoxy) is 1. The highest BCUT2D eigenvalue weighted by atomic mass is 16.5. The van der Waals surface area contributed by atoms with Crippen LogP contribution in [0.1, 0.15) is 56.2 Å². The average Bonchev–Trinajstić information content (AvgIpc) is 3.15. The van der Waals surface area contributed by atoms with Crippen LogP contribution in [-0.4, -0.2) is 24.6 Å². The van der Waals surface area contributed by atoms with Crippen molar-refractivity contribution in [1.82, 2.24) is 5.43 Å². The number of nitrogens with one attached hydrogen (secondary N) is 2. The molecule has 1 aliphatic rings. The molecule has 32 heavy (non-hydrogen) atoms. The molecule has 2 amide bonds. The molecule has 0 spiro atoms. The molecule has 1 aromatic heterocycles. The average molecular weight is 431 g/mol. The van der Waals surface area contributed by atoms with Crippen LogP contribution >= 0.6 is 0 Å². The molecule has 3 aromatic rings. The van der Waals surface area contributed by atoms with E-state index in [1.165, 1.54) is 0 Å². The largest absolute Gasteiger partial charge is 0.497 e. The Balaban J connectivity index is 1.54. The van der Waals surface area contributed by atoms with Gasteiger partial charge in [-0.3, -0.25) is 9.59 Å². The zero-order valence-corrected chi connectivity index (χ0v) is 18.3. The highest BCUT2D eigenvalue weighted by Crippen LogP contribution is 2.30. The van der Waals surface area contributed by atoms with Gasteiger partial charge in [-0.15, -0.1) is 0 Å². The van der Waals surface area contributed by atoms with E-state index in [1.807, 2.05) is 32.0 Å². The predicted octanol–water partition coefficient (Wildman–Crippen LogP) is 4.63. The van der Waals surface area contributed by atoms with Crippen molar-refractivity contribution in [3.63, 3.8) is 0 Å². The third-order valence-electron chi connectivity index (χ3n) is 5.45. The molecule has 0 saturated carbocycles. The molecule has 7 heteroatoms. The predicted molar refractivity (Wildman–Crippen MR) is 123 cm³/mol. The van der Waals surface area contributed by atoms with Crippen molar-refractivity contribution >= 4 is 23.2 Å². The van der Waals surface area contributed by atoms with Crippen molar-refractivity contribution in [2.24, 2.45) is 5.10 Å². The van der Waals surface area contributed by atoms with Crippen LogP contribution in [0.15, 0.2) is 58.0 Å². The Morgan fingerprint density at radius 1 is 1.03 bits per heavy atom. The fourth-order valence-corrected chi connectivity index (χ4v) is 3.83. The van der Waals surface area contributed by atoms with Gasteiger partial charge in [-0.25, -0.2) is 5.43 Å². The highest BCUT2D eigenvalue weighted by Gasteiger charge is 2.28. The van der Waals surface area contributed by atoms with Gasteiger partial charge in [0.1, 0.15) is 11.5 Å². The summed E-state index contributed by atoms with van der Waals surface area (Å²) in [5.74, 6) is 1.08. The number of nitrogens with zero attached hydrogens (tertiary/aromatic N) is 1. The first kappa shape index (κ1) is 21.4. The van der Waals surface area contributed by atoms with Crippen molar-refractivity contribution in [2.45, 2.75) is 33.1 Å². The number of hydrazone groups is 1. The number of amides is 2. The van der Waals surface area contributed by atoms with Crippen LogP contribution in [-0.2, 0) is 6.42 Å². The van der Waals surface area contributed by atoms with Crippen LogP contribution in [0.4, 0.5) is 5.69 Å². The number of aryl methyl sites for hydroxylation is 2. The smallest absolute Gasteiger partial charge is 0.291 e. The number of hydrogen-bond acceptors (Lipinski definition) is 5. The van der Waals surface area contributed by atoms with Crippen LogP contribution in [0.2, 0.25) is 0 Å². The van der Waals surface area contributed by atoms with Crippen molar-refractivity contribution in [2.75, 3.05) is 12.4 Å². The Kier molecular flexibility index (Phi) is 6.07. The second-order valence-corrected chi connectivity index (χ2v) is 7.76. The van der Waals surface area contributed by atoms with Crippen LogP contribution in [0.25, 0.3) is 0 Å². The minimum atomic E-state index is -0.329. The molecular formula is C25H25N3O4. The zero-order valence-electron chi connectivity index (χ0n) is 18.3. The van der Waals surface area contributed by atoms with E-state index in [0.717, 1.165) is 35.4 Å². The molecule has 0 saturated heterocycles. The third-order valence-corrected chi connectivity index (χ3v) is 5.45. The second kappa shape index (κ2) is 9.09. The molecule has 0 unspecified atom stereocenters. The lowest BCUT2D eigenvalue weighted by atomic mass is 9.93.